The molecule has 0 bridgehead atoms. The van der Waals surface area contributed by atoms with E-state index in [1.54, 1.807) is 7.11 Å². The third kappa shape index (κ3) is 4.27. The average Bonchev–Trinajstić information content (AvgIpc) is 2.76. The summed E-state index contributed by atoms with van der Waals surface area (Å²) in [5.41, 5.74) is 3.98. The van der Waals surface area contributed by atoms with Crippen LogP contribution in [-0.2, 0) is 6.54 Å². The van der Waals surface area contributed by atoms with Crippen LogP contribution in [0.3, 0.4) is 0 Å². The molecule has 0 radical (unpaired) electrons. The van der Waals surface area contributed by atoms with Crippen LogP contribution in [0.25, 0.3) is 0 Å². The van der Waals surface area contributed by atoms with E-state index in [2.05, 4.69) is 83.0 Å². The Morgan fingerprint density at radius 2 is 1.50 bits per heavy atom. The molecular formula is C25H28N2O. The summed E-state index contributed by atoms with van der Waals surface area (Å²) in [6, 6.07) is 30.4. The molecule has 28 heavy (non-hydrogen) atoms. The predicted octanol–water partition coefficient (Wildman–Crippen LogP) is 4.30. The molecule has 144 valence electrons. The summed E-state index contributed by atoms with van der Waals surface area (Å²) in [5.74, 6) is 1.31. The van der Waals surface area contributed by atoms with E-state index in [-0.39, 0.29) is 0 Å². The summed E-state index contributed by atoms with van der Waals surface area (Å²) in [5, 5.41) is 3.79. The molecule has 3 aromatic carbocycles. The van der Waals surface area contributed by atoms with Crippen LogP contribution in [0.15, 0.2) is 84.9 Å². The summed E-state index contributed by atoms with van der Waals surface area (Å²) >= 11 is 0. The first-order chi connectivity index (χ1) is 13.8. The smallest absolute Gasteiger partial charge is 0.123 e. The van der Waals surface area contributed by atoms with Crippen LogP contribution in [0, 0.1) is 0 Å². The fraction of sp³-hybridized carbons (Fsp3) is 0.280. The van der Waals surface area contributed by atoms with Gasteiger partial charge in [-0.05, 0) is 17.2 Å². The van der Waals surface area contributed by atoms with Crippen molar-refractivity contribution in [3.8, 4) is 5.75 Å². The monoisotopic (exact) mass is 372 g/mol. The molecule has 4 rings (SSSR count). The topological polar surface area (TPSA) is 24.5 Å². The number of piperazine rings is 1. The van der Waals surface area contributed by atoms with Crippen molar-refractivity contribution >= 4 is 0 Å². The Morgan fingerprint density at radius 1 is 0.893 bits per heavy atom. The van der Waals surface area contributed by atoms with E-state index in [0.717, 1.165) is 31.9 Å². The maximum Gasteiger partial charge on any atom is 0.123 e. The zero-order chi connectivity index (χ0) is 19.2. The Hall–Kier alpha value is -2.62. The van der Waals surface area contributed by atoms with Gasteiger partial charge < -0.3 is 10.1 Å². The number of hydrogen-bond acceptors (Lipinski definition) is 3. The standard InChI is InChI=1S/C25H28N2O/c1-28-24-15-9-8-14-22(24)18-27-17-16-26-23(19-27)25(20-10-4-2-5-11-20)21-12-6-3-7-13-21/h2-15,23,25-26H,16-19H2,1H3. The normalized spacial score (nSPS) is 17.6. The van der Waals surface area contributed by atoms with Crippen molar-refractivity contribution in [3.63, 3.8) is 0 Å². The SMILES string of the molecule is COc1ccccc1CN1CCNC(C(c2ccccc2)c2ccccc2)C1. The summed E-state index contributed by atoms with van der Waals surface area (Å²) in [4.78, 5) is 2.54. The molecule has 1 aliphatic rings. The van der Waals surface area contributed by atoms with Crippen LogP contribution >= 0.6 is 0 Å². The molecule has 3 nitrogen and oxygen atoms in total. The molecule has 1 saturated heterocycles. The van der Waals surface area contributed by atoms with Crippen molar-refractivity contribution in [2.24, 2.45) is 0 Å². The number of hydrogen-bond donors (Lipinski definition) is 1. The molecule has 0 aliphatic carbocycles. The first-order valence-corrected chi connectivity index (χ1v) is 10.0. The summed E-state index contributed by atoms with van der Waals surface area (Å²) in [6.07, 6.45) is 0. The lowest BCUT2D eigenvalue weighted by Crippen LogP contribution is -2.52. The molecule has 3 heteroatoms. The highest BCUT2D eigenvalue weighted by atomic mass is 16.5. The molecule has 3 aromatic rings. The van der Waals surface area contributed by atoms with Crippen molar-refractivity contribution in [1.29, 1.82) is 0 Å². The van der Waals surface area contributed by atoms with E-state index in [9.17, 15) is 0 Å². The van der Waals surface area contributed by atoms with Gasteiger partial charge in [-0.15, -0.1) is 0 Å². The number of nitrogens with one attached hydrogen (secondary N) is 1. The van der Waals surface area contributed by atoms with Gasteiger partial charge in [-0.1, -0.05) is 78.9 Å². The minimum absolute atomic E-state index is 0.336. The van der Waals surface area contributed by atoms with Crippen molar-refractivity contribution < 1.29 is 4.74 Å². The Labute approximate surface area is 168 Å². The van der Waals surface area contributed by atoms with Gasteiger partial charge in [0, 0.05) is 43.7 Å². The number of rotatable bonds is 6. The number of para-hydroxylation sites is 1. The predicted molar refractivity (Wildman–Crippen MR) is 115 cm³/mol. The Morgan fingerprint density at radius 3 is 2.14 bits per heavy atom. The van der Waals surface area contributed by atoms with Crippen LogP contribution in [0.2, 0.25) is 0 Å². The Kier molecular flexibility index (Phi) is 6.05. The third-order valence-corrected chi connectivity index (χ3v) is 5.60. The Bertz CT molecular complexity index is 826. The van der Waals surface area contributed by atoms with Gasteiger partial charge in [0.1, 0.15) is 5.75 Å². The highest BCUT2D eigenvalue weighted by molar-refractivity contribution is 5.35. The van der Waals surface area contributed by atoms with E-state index in [1.807, 2.05) is 12.1 Å². The number of benzene rings is 3. The summed E-state index contributed by atoms with van der Waals surface area (Å²) in [6.45, 7) is 3.96. The van der Waals surface area contributed by atoms with Crippen molar-refractivity contribution in [2.45, 2.75) is 18.5 Å². The number of nitrogens with zero attached hydrogens (tertiary/aromatic N) is 1. The van der Waals surface area contributed by atoms with Gasteiger partial charge in [-0.25, -0.2) is 0 Å². The van der Waals surface area contributed by atoms with Gasteiger partial charge in [-0.3, -0.25) is 4.90 Å². The second-order valence-electron chi connectivity index (χ2n) is 7.41. The van der Waals surface area contributed by atoms with Gasteiger partial charge in [-0.2, -0.15) is 0 Å². The molecule has 0 saturated carbocycles. The zero-order valence-electron chi connectivity index (χ0n) is 16.4. The lowest BCUT2D eigenvalue weighted by molar-refractivity contribution is 0.182. The molecule has 0 spiro atoms. The molecular weight excluding hydrogens is 344 g/mol. The van der Waals surface area contributed by atoms with E-state index in [0.29, 0.717) is 12.0 Å². The number of ether oxygens (including phenoxy) is 1. The van der Waals surface area contributed by atoms with E-state index < -0.39 is 0 Å². The first-order valence-electron chi connectivity index (χ1n) is 10.0. The maximum absolute atomic E-state index is 5.56. The second-order valence-corrected chi connectivity index (χ2v) is 7.41. The van der Waals surface area contributed by atoms with Gasteiger partial charge in [0.25, 0.3) is 0 Å². The van der Waals surface area contributed by atoms with Crippen LogP contribution in [0.1, 0.15) is 22.6 Å². The van der Waals surface area contributed by atoms with Gasteiger partial charge in [0.15, 0.2) is 0 Å². The van der Waals surface area contributed by atoms with Gasteiger partial charge in [0.05, 0.1) is 7.11 Å². The molecule has 1 fully saturated rings. The fourth-order valence-electron chi connectivity index (χ4n) is 4.26. The van der Waals surface area contributed by atoms with Crippen LogP contribution in [-0.4, -0.2) is 37.7 Å². The second kappa shape index (κ2) is 9.05. The lowest BCUT2D eigenvalue weighted by atomic mass is 9.84. The number of methoxy groups -OCH3 is 1. The highest BCUT2D eigenvalue weighted by Crippen LogP contribution is 2.30. The van der Waals surface area contributed by atoms with Crippen molar-refractivity contribution in [3.05, 3.63) is 102 Å². The Balaban J connectivity index is 1.57. The highest BCUT2D eigenvalue weighted by Gasteiger charge is 2.29. The lowest BCUT2D eigenvalue weighted by Gasteiger charge is -2.38. The minimum atomic E-state index is 0.336. The summed E-state index contributed by atoms with van der Waals surface area (Å²) in [7, 11) is 1.75. The van der Waals surface area contributed by atoms with E-state index >= 15 is 0 Å². The molecule has 1 aliphatic heterocycles. The van der Waals surface area contributed by atoms with Gasteiger partial charge >= 0.3 is 0 Å². The van der Waals surface area contributed by atoms with Crippen molar-refractivity contribution in [1.82, 2.24) is 10.2 Å². The van der Waals surface area contributed by atoms with Gasteiger partial charge in [0.2, 0.25) is 0 Å². The minimum Gasteiger partial charge on any atom is -0.496 e. The summed E-state index contributed by atoms with van der Waals surface area (Å²) < 4.78 is 5.56. The van der Waals surface area contributed by atoms with Crippen LogP contribution < -0.4 is 10.1 Å². The van der Waals surface area contributed by atoms with Crippen LogP contribution in [0.5, 0.6) is 5.75 Å². The third-order valence-electron chi connectivity index (χ3n) is 5.60. The van der Waals surface area contributed by atoms with Crippen LogP contribution in [0.4, 0.5) is 0 Å². The molecule has 0 amide bonds. The van der Waals surface area contributed by atoms with Crippen molar-refractivity contribution in [2.75, 3.05) is 26.7 Å². The zero-order valence-corrected chi connectivity index (χ0v) is 16.4. The first kappa shape index (κ1) is 18.7. The van der Waals surface area contributed by atoms with E-state index in [4.69, 9.17) is 4.74 Å². The largest absolute Gasteiger partial charge is 0.496 e. The molecule has 1 N–H and O–H groups in total. The average molecular weight is 373 g/mol. The molecule has 1 atom stereocenters. The quantitative estimate of drug-likeness (QED) is 0.698. The maximum atomic E-state index is 5.56. The molecule has 1 unspecified atom stereocenters. The molecule has 0 aromatic heterocycles. The van der Waals surface area contributed by atoms with E-state index in [1.165, 1.54) is 16.7 Å². The molecule has 1 heterocycles. The fourth-order valence-corrected chi connectivity index (χ4v) is 4.26.